The minimum atomic E-state index is -5.08. The van der Waals surface area contributed by atoms with Crippen molar-refractivity contribution in [2.24, 2.45) is 0 Å². The Bertz CT molecular complexity index is 974. The van der Waals surface area contributed by atoms with Gasteiger partial charge >= 0.3 is 18.2 Å². The Balaban J connectivity index is 0.000000396. The summed E-state index contributed by atoms with van der Waals surface area (Å²) in [5.74, 6) is -3.12. The molecule has 0 fully saturated rings. The van der Waals surface area contributed by atoms with Crippen LogP contribution in [0.25, 0.3) is 11.1 Å². The van der Waals surface area contributed by atoms with E-state index >= 15 is 0 Å². The lowest BCUT2D eigenvalue weighted by molar-refractivity contribution is -0.192. The fourth-order valence-electron chi connectivity index (χ4n) is 2.08. The van der Waals surface area contributed by atoms with E-state index in [1.165, 1.54) is 12.1 Å². The number of halogens is 4. The molecule has 0 aliphatic rings. The number of hydrogen-bond acceptors (Lipinski definition) is 4. The van der Waals surface area contributed by atoms with Gasteiger partial charge in [0.05, 0.1) is 6.20 Å². The maximum atomic E-state index is 13.0. The first kappa shape index (κ1) is 22.4. The van der Waals surface area contributed by atoms with Gasteiger partial charge in [0.25, 0.3) is 0 Å². The van der Waals surface area contributed by atoms with Crippen LogP contribution in [0.3, 0.4) is 0 Å². The number of benzene rings is 2. The fourth-order valence-corrected chi connectivity index (χ4v) is 2.08. The monoisotopic (exact) mass is 425 g/mol. The molecule has 0 unspecified atom stereocenters. The van der Waals surface area contributed by atoms with Crippen LogP contribution in [0.15, 0.2) is 60.9 Å². The number of carbonyl (C=O) groups is 2. The summed E-state index contributed by atoms with van der Waals surface area (Å²) in [5, 5.41) is 16.4. The third kappa shape index (κ3) is 7.26. The average Bonchev–Trinajstić information content (AvgIpc) is 3.22. The molecule has 3 rings (SSSR count). The van der Waals surface area contributed by atoms with E-state index in [0.29, 0.717) is 11.3 Å². The Labute approximate surface area is 167 Å². The SMILES string of the molecule is O=C(Nc1ccc(-c2cn[nH]c2)cc1)OCc1cccc(F)c1.O=C(O)C(F)(F)F. The first-order valence-corrected chi connectivity index (χ1v) is 8.22. The van der Waals surface area contributed by atoms with E-state index in [1.807, 2.05) is 12.1 Å². The second-order valence-corrected chi connectivity index (χ2v) is 5.70. The molecular formula is C19H15F4N3O4. The molecule has 0 aliphatic heterocycles. The summed E-state index contributed by atoms with van der Waals surface area (Å²) in [6, 6.07) is 13.2. The predicted molar refractivity (Wildman–Crippen MR) is 97.9 cm³/mol. The topological polar surface area (TPSA) is 104 Å². The van der Waals surface area contributed by atoms with Crippen LogP contribution in [0, 0.1) is 5.82 Å². The molecular weight excluding hydrogens is 410 g/mol. The zero-order valence-corrected chi connectivity index (χ0v) is 15.1. The summed E-state index contributed by atoms with van der Waals surface area (Å²) in [4.78, 5) is 20.6. The molecule has 1 amide bonds. The molecule has 0 spiro atoms. The van der Waals surface area contributed by atoms with E-state index in [0.717, 1.165) is 11.1 Å². The third-order valence-electron chi connectivity index (χ3n) is 3.46. The van der Waals surface area contributed by atoms with Crippen LogP contribution in [-0.4, -0.2) is 33.5 Å². The standard InChI is InChI=1S/C17H14FN3O2.C2HF3O2/c18-15-3-1-2-12(8-15)11-23-17(22)21-16-6-4-13(5-7-16)14-9-19-20-10-14;3-2(4,5)1(6)7/h1-10H,11H2,(H,19,20)(H,21,22);(H,6,7). The van der Waals surface area contributed by atoms with Crippen molar-refractivity contribution in [3.8, 4) is 11.1 Å². The van der Waals surface area contributed by atoms with Gasteiger partial charge < -0.3 is 9.84 Å². The van der Waals surface area contributed by atoms with Crippen molar-refractivity contribution >= 4 is 17.7 Å². The molecule has 1 heterocycles. The minimum Gasteiger partial charge on any atom is -0.475 e. The van der Waals surface area contributed by atoms with Gasteiger partial charge in [-0.05, 0) is 35.4 Å². The lowest BCUT2D eigenvalue weighted by Crippen LogP contribution is -2.21. The zero-order valence-electron chi connectivity index (χ0n) is 15.1. The summed E-state index contributed by atoms with van der Waals surface area (Å²) >= 11 is 0. The fraction of sp³-hybridized carbons (Fsp3) is 0.105. The van der Waals surface area contributed by atoms with Gasteiger partial charge in [-0.3, -0.25) is 10.4 Å². The van der Waals surface area contributed by atoms with Crippen LogP contribution >= 0.6 is 0 Å². The van der Waals surface area contributed by atoms with Gasteiger partial charge in [0.2, 0.25) is 0 Å². The molecule has 158 valence electrons. The molecule has 3 aromatic rings. The molecule has 11 heteroatoms. The number of amides is 1. The van der Waals surface area contributed by atoms with Crippen LogP contribution in [0.2, 0.25) is 0 Å². The Kier molecular flexibility index (Phi) is 7.50. The van der Waals surface area contributed by atoms with Gasteiger partial charge in [0.1, 0.15) is 12.4 Å². The molecule has 7 nitrogen and oxygen atoms in total. The van der Waals surface area contributed by atoms with Crippen molar-refractivity contribution in [3.63, 3.8) is 0 Å². The van der Waals surface area contributed by atoms with Crippen molar-refractivity contribution in [1.82, 2.24) is 10.2 Å². The summed E-state index contributed by atoms with van der Waals surface area (Å²) in [7, 11) is 0. The van der Waals surface area contributed by atoms with E-state index in [1.54, 1.807) is 36.7 Å². The Hall–Kier alpha value is -3.89. The van der Waals surface area contributed by atoms with Crippen molar-refractivity contribution in [3.05, 3.63) is 72.3 Å². The molecule has 30 heavy (non-hydrogen) atoms. The zero-order chi connectivity index (χ0) is 22.1. The number of aromatic amines is 1. The van der Waals surface area contributed by atoms with Crippen LogP contribution in [0.1, 0.15) is 5.56 Å². The van der Waals surface area contributed by atoms with Crippen LogP contribution in [0.4, 0.5) is 28.0 Å². The van der Waals surface area contributed by atoms with E-state index in [9.17, 15) is 22.4 Å². The lowest BCUT2D eigenvalue weighted by atomic mass is 10.1. The van der Waals surface area contributed by atoms with Crippen LogP contribution in [0.5, 0.6) is 0 Å². The largest absolute Gasteiger partial charge is 0.490 e. The van der Waals surface area contributed by atoms with E-state index < -0.39 is 18.2 Å². The molecule has 0 saturated heterocycles. The number of alkyl halides is 3. The van der Waals surface area contributed by atoms with Crippen LogP contribution in [-0.2, 0) is 16.1 Å². The summed E-state index contributed by atoms with van der Waals surface area (Å²) < 4.78 is 49.8. The number of carboxylic acid groups (broad SMARTS) is 1. The maximum absolute atomic E-state index is 13.0. The number of carboxylic acids is 1. The number of H-pyrrole nitrogens is 1. The number of aromatic nitrogens is 2. The number of nitrogens with zero attached hydrogens (tertiary/aromatic N) is 1. The van der Waals surface area contributed by atoms with Crippen molar-refractivity contribution < 1.29 is 37.0 Å². The van der Waals surface area contributed by atoms with Crippen LogP contribution < -0.4 is 5.32 Å². The number of nitrogens with one attached hydrogen (secondary N) is 2. The van der Waals surface area contributed by atoms with Crippen molar-refractivity contribution in [2.45, 2.75) is 12.8 Å². The van der Waals surface area contributed by atoms with E-state index in [4.69, 9.17) is 14.6 Å². The quantitative estimate of drug-likeness (QED) is 0.530. The number of carbonyl (C=O) groups excluding carboxylic acids is 1. The highest BCUT2D eigenvalue weighted by molar-refractivity contribution is 5.85. The molecule has 0 saturated carbocycles. The highest BCUT2D eigenvalue weighted by Gasteiger charge is 2.38. The highest BCUT2D eigenvalue weighted by Crippen LogP contribution is 2.20. The van der Waals surface area contributed by atoms with Gasteiger partial charge in [-0.1, -0.05) is 24.3 Å². The van der Waals surface area contributed by atoms with E-state index in [2.05, 4.69) is 15.5 Å². The molecule has 3 N–H and O–H groups in total. The Morgan fingerprint density at radius 2 is 1.77 bits per heavy atom. The second-order valence-electron chi connectivity index (χ2n) is 5.70. The second kappa shape index (κ2) is 10.0. The van der Waals surface area contributed by atoms with Gasteiger partial charge in [-0.25, -0.2) is 14.0 Å². The molecule has 0 aliphatic carbocycles. The molecule has 0 atom stereocenters. The van der Waals surface area contributed by atoms with E-state index in [-0.39, 0.29) is 12.4 Å². The minimum absolute atomic E-state index is 0.0106. The normalized spacial score (nSPS) is 10.5. The molecule has 0 radical (unpaired) electrons. The van der Waals surface area contributed by atoms with Gasteiger partial charge in [-0.2, -0.15) is 18.3 Å². The number of hydrogen-bond donors (Lipinski definition) is 3. The van der Waals surface area contributed by atoms with Crippen molar-refractivity contribution in [1.29, 1.82) is 0 Å². The first-order valence-electron chi connectivity index (χ1n) is 8.22. The summed E-state index contributed by atoms with van der Waals surface area (Å²) in [6.07, 6.45) is -2.17. The summed E-state index contributed by atoms with van der Waals surface area (Å²) in [6.45, 7) is 0.0106. The Morgan fingerprint density at radius 1 is 1.10 bits per heavy atom. The van der Waals surface area contributed by atoms with Gasteiger partial charge in [0.15, 0.2) is 0 Å². The highest BCUT2D eigenvalue weighted by atomic mass is 19.4. The van der Waals surface area contributed by atoms with Crippen molar-refractivity contribution in [2.75, 3.05) is 5.32 Å². The Morgan fingerprint density at radius 3 is 2.30 bits per heavy atom. The predicted octanol–water partition coefficient (Wildman–Crippen LogP) is 4.60. The third-order valence-corrected chi connectivity index (χ3v) is 3.46. The molecule has 2 aromatic carbocycles. The first-order chi connectivity index (χ1) is 14.1. The smallest absolute Gasteiger partial charge is 0.475 e. The average molecular weight is 425 g/mol. The van der Waals surface area contributed by atoms with Gasteiger partial charge in [0, 0.05) is 17.4 Å². The number of aliphatic carboxylic acids is 1. The number of rotatable bonds is 4. The maximum Gasteiger partial charge on any atom is 0.490 e. The summed E-state index contributed by atoms with van der Waals surface area (Å²) in [5.41, 5.74) is 3.15. The molecule has 1 aromatic heterocycles. The number of anilines is 1. The number of ether oxygens (including phenoxy) is 1. The molecule has 0 bridgehead atoms. The van der Waals surface area contributed by atoms with Gasteiger partial charge in [-0.15, -0.1) is 0 Å². The lowest BCUT2D eigenvalue weighted by Gasteiger charge is -2.07.